The van der Waals surface area contributed by atoms with E-state index in [-0.39, 0.29) is 28.4 Å². The molecule has 0 saturated heterocycles. The number of aliphatic hydroxyl groups excluding tert-OH is 3. The van der Waals surface area contributed by atoms with Gasteiger partial charge in [0, 0.05) is 28.4 Å². The summed E-state index contributed by atoms with van der Waals surface area (Å²) < 4.78 is 13.3. The Bertz CT molecular complexity index is 1800. The molecule has 2 aromatic carbocycles. The van der Waals surface area contributed by atoms with Gasteiger partial charge >= 0.3 is 0 Å². The van der Waals surface area contributed by atoms with E-state index < -0.39 is 70.3 Å². The van der Waals surface area contributed by atoms with Crippen LogP contribution < -0.4 is 5.32 Å². The highest BCUT2D eigenvalue weighted by Crippen LogP contribution is 2.55. The molecule has 3 aliphatic rings. The van der Waals surface area contributed by atoms with E-state index in [1.807, 2.05) is 0 Å². The van der Waals surface area contributed by atoms with Crippen molar-refractivity contribution in [3.05, 3.63) is 75.6 Å². The molecule has 0 radical (unpaired) electrons. The molecule has 0 amide bonds. The molecule has 1 fully saturated rings. The van der Waals surface area contributed by atoms with Crippen LogP contribution in [0, 0.1) is 23.6 Å². The molecule has 10 nitrogen and oxygen atoms in total. The second-order valence-corrected chi connectivity index (χ2v) is 12.5. The van der Waals surface area contributed by atoms with Crippen molar-refractivity contribution in [1.82, 2.24) is 9.88 Å². The average molecular weight is 620 g/mol. The highest BCUT2D eigenvalue weighted by atomic mass is 32.1. The number of benzene rings is 2. The molecule has 3 aromatic rings. The Balaban J connectivity index is 1.41. The third-order valence-corrected chi connectivity index (χ3v) is 9.74. The maximum absolute atomic E-state index is 14.1. The quantitative estimate of drug-likeness (QED) is 0.156. The van der Waals surface area contributed by atoms with Crippen molar-refractivity contribution in [2.45, 2.75) is 31.9 Å². The standard InChI is InChI=1S/C32H30FN3O7S/c1-12-16-9-10-17(34-32-35-18(11-44-32)14-5-7-15(33)8-6-14)26(38)21(16)29(41)23-19(12)27(39)22-24(30(23)42)28(40)20(13(2)37)31(43)25(22)36(3)4/h5-12,19,22,24-25,27,38-39,41,43H,1-4H3,(H,34,35)/t12-,19?,22?,24?,25-,27-/m0/s1. The monoisotopic (exact) mass is 619 g/mol. The molecule has 6 atom stereocenters. The van der Waals surface area contributed by atoms with Crippen LogP contribution in [-0.4, -0.2) is 73.9 Å². The third kappa shape index (κ3) is 4.35. The smallest absolute Gasteiger partial charge is 0.187 e. The summed E-state index contributed by atoms with van der Waals surface area (Å²) in [5.74, 6) is -8.27. The Hall–Kier alpha value is -4.39. The van der Waals surface area contributed by atoms with Crippen molar-refractivity contribution in [3.8, 4) is 17.0 Å². The number of phenolic OH excluding ortho intramolecular Hbond substituents is 1. The van der Waals surface area contributed by atoms with E-state index in [9.17, 15) is 39.2 Å². The second-order valence-electron chi connectivity index (χ2n) is 11.7. The first-order valence-electron chi connectivity index (χ1n) is 14.0. The number of nitrogens with one attached hydrogen (secondary N) is 1. The van der Waals surface area contributed by atoms with Crippen LogP contribution in [0.25, 0.3) is 17.0 Å². The number of Topliss-reactive ketones (excluding diaryl/α,β-unsaturated/α-hetero) is 3. The number of phenols is 1. The fraction of sp³-hybridized carbons (Fsp3) is 0.312. The number of thiazole rings is 1. The number of nitrogens with zero attached hydrogens (tertiary/aromatic N) is 2. The summed E-state index contributed by atoms with van der Waals surface area (Å²) in [7, 11) is 3.23. The zero-order chi connectivity index (χ0) is 31.8. The van der Waals surface area contributed by atoms with Gasteiger partial charge in [0.25, 0.3) is 0 Å². The number of anilines is 2. The lowest BCUT2D eigenvalue weighted by Crippen LogP contribution is -2.61. The molecule has 3 unspecified atom stereocenters. The van der Waals surface area contributed by atoms with Crippen molar-refractivity contribution in [3.63, 3.8) is 0 Å². The molecular formula is C32H30FN3O7S. The molecular weight excluding hydrogens is 589 g/mol. The van der Waals surface area contributed by atoms with Gasteiger partial charge in [0.2, 0.25) is 0 Å². The molecule has 6 rings (SSSR count). The van der Waals surface area contributed by atoms with Gasteiger partial charge in [-0.1, -0.05) is 13.0 Å². The summed E-state index contributed by atoms with van der Waals surface area (Å²) in [6, 6.07) is 8.13. The number of aromatic nitrogens is 1. The maximum Gasteiger partial charge on any atom is 0.187 e. The van der Waals surface area contributed by atoms with E-state index in [0.717, 1.165) is 6.92 Å². The van der Waals surface area contributed by atoms with Gasteiger partial charge in [-0.25, -0.2) is 9.37 Å². The van der Waals surface area contributed by atoms with Gasteiger partial charge in [-0.05, 0) is 62.8 Å². The number of rotatable bonds is 5. The third-order valence-electron chi connectivity index (χ3n) is 8.98. The Morgan fingerprint density at radius 3 is 2.36 bits per heavy atom. The molecule has 1 heterocycles. The van der Waals surface area contributed by atoms with Crippen LogP contribution in [0.1, 0.15) is 30.9 Å². The Morgan fingerprint density at radius 2 is 1.73 bits per heavy atom. The van der Waals surface area contributed by atoms with Crippen molar-refractivity contribution >= 4 is 45.3 Å². The van der Waals surface area contributed by atoms with Crippen LogP contribution in [0.4, 0.5) is 15.2 Å². The number of ketones is 3. The molecule has 12 heteroatoms. The van der Waals surface area contributed by atoms with E-state index >= 15 is 0 Å². The number of carbonyl (C=O) groups is 3. The minimum absolute atomic E-state index is 0.0133. The number of halogens is 1. The summed E-state index contributed by atoms with van der Waals surface area (Å²) in [5.41, 5.74) is 1.25. The van der Waals surface area contributed by atoms with Crippen LogP contribution in [0.15, 0.2) is 58.7 Å². The Kier molecular flexibility index (Phi) is 7.18. The van der Waals surface area contributed by atoms with Crippen LogP contribution in [0.3, 0.4) is 0 Å². The van der Waals surface area contributed by atoms with Gasteiger partial charge in [-0.2, -0.15) is 0 Å². The number of carbonyl (C=O) groups excluding carboxylic acids is 3. The number of fused-ring (bicyclic) bond motifs is 3. The second kappa shape index (κ2) is 10.7. The zero-order valence-electron chi connectivity index (χ0n) is 24.2. The Morgan fingerprint density at radius 1 is 1.05 bits per heavy atom. The lowest BCUT2D eigenvalue weighted by Gasteiger charge is -2.50. The number of likely N-dealkylation sites (N-methyl/N-ethyl adjacent to an activating group) is 1. The fourth-order valence-corrected chi connectivity index (χ4v) is 7.75. The summed E-state index contributed by atoms with van der Waals surface area (Å²) in [6.07, 6.45) is -1.36. The Labute approximate surface area is 255 Å². The van der Waals surface area contributed by atoms with Crippen LogP contribution in [0.5, 0.6) is 5.75 Å². The zero-order valence-corrected chi connectivity index (χ0v) is 25.0. The van der Waals surface area contributed by atoms with E-state index in [1.165, 1.54) is 23.5 Å². The largest absolute Gasteiger partial charge is 0.510 e. The van der Waals surface area contributed by atoms with Crippen molar-refractivity contribution in [2.24, 2.45) is 17.8 Å². The first-order chi connectivity index (χ1) is 20.8. The number of allylic oxidation sites excluding steroid dienone is 1. The molecule has 1 saturated carbocycles. The summed E-state index contributed by atoms with van der Waals surface area (Å²) >= 11 is 1.24. The summed E-state index contributed by atoms with van der Waals surface area (Å²) in [4.78, 5) is 46.0. The summed E-state index contributed by atoms with van der Waals surface area (Å²) in [6.45, 7) is 2.87. The van der Waals surface area contributed by atoms with E-state index in [4.69, 9.17) is 0 Å². The van der Waals surface area contributed by atoms with Gasteiger partial charge in [-0.3, -0.25) is 19.3 Å². The van der Waals surface area contributed by atoms with Gasteiger partial charge < -0.3 is 25.7 Å². The highest BCUT2D eigenvalue weighted by Gasteiger charge is 2.60. The first kappa shape index (κ1) is 29.7. The van der Waals surface area contributed by atoms with Crippen LogP contribution >= 0.6 is 11.3 Å². The lowest BCUT2D eigenvalue weighted by atomic mass is 9.56. The highest BCUT2D eigenvalue weighted by molar-refractivity contribution is 7.14. The summed E-state index contributed by atoms with van der Waals surface area (Å²) in [5, 5.41) is 50.8. The van der Waals surface area contributed by atoms with E-state index in [2.05, 4.69) is 10.3 Å². The number of aliphatic hydroxyl groups is 3. The SMILES string of the molecule is CC(=O)C1=C(O)[C@@H](N(C)C)C2C(C1=O)C(=O)C1=C(O)c3c(ccc(Nc4nc(-c5ccc(F)cc5)cs4)c3O)[C@H](C)C1[C@@H]2O. The average Bonchev–Trinajstić information content (AvgIpc) is 3.42. The van der Waals surface area contributed by atoms with Crippen LogP contribution in [0.2, 0.25) is 0 Å². The molecule has 0 aliphatic heterocycles. The number of aromatic hydroxyl groups is 1. The molecule has 0 bridgehead atoms. The predicted octanol–water partition coefficient (Wildman–Crippen LogP) is 4.49. The molecule has 3 aliphatic carbocycles. The van der Waals surface area contributed by atoms with Gasteiger partial charge in [-0.15, -0.1) is 11.3 Å². The minimum atomic E-state index is -1.52. The van der Waals surface area contributed by atoms with Crippen LogP contribution in [-0.2, 0) is 14.4 Å². The predicted molar refractivity (Wildman–Crippen MR) is 161 cm³/mol. The molecule has 44 heavy (non-hydrogen) atoms. The van der Waals surface area contributed by atoms with Gasteiger partial charge in [0.05, 0.1) is 35.0 Å². The lowest BCUT2D eigenvalue weighted by molar-refractivity contribution is -0.143. The number of hydrogen-bond donors (Lipinski definition) is 5. The van der Waals surface area contributed by atoms with Crippen molar-refractivity contribution in [1.29, 1.82) is 0 Å². The molecule has 1 aromatic heterocycles. The van der Waals surface area contributed by atoms with Crippen molar-refractivity contribution < 1.29 is 39.2 Å². The topological polar surface area (TPSA) is 160 Å². The van der Waals surface area contributed by atoms with E-state index in [1.54, 1.807) is 55.6 Å². The molecule has 228 valence electrons. The first-order valence-corrected chi connectivity index (χ1v) is 14.9. The normalized spacial score (nSPS) is 26.4. The van der Waals surface area contributed by atoms with E-state index in [0.29, 0.717) is 22.0 Å². The fourth-order valence-electron chi connectivity index (χ4n) is 7.02. The molecule has 0 spiro atoms. The van der Waals surface area contributed by atoms with Gasteiger partial charge in [0.1, 0.15) is 28.7 Å². The van der Waals surface area contributed by atoms with Gasteiger partial charge in [0.15, 0.2) is 22.5 Å². The van der Waals surface area contributed by atoms with Crippen molar-refractivity contribution in [2.75, 3.05) is 19.4 Å². The maximum atomic E-state index is 14.1. The molecule has 5 N–H and O–H groups in total. The number of hydrogen-bond acceptors (Lipinski definition) is 11. The minimum Gasteiger partial charge on any atom is -0.510 e.